The molecule has 5 rings (SSSR count). The Morgan fingerprint density at radius 3 is 1.25 bits per heavy atom. The van der Waals surface area contributed by atoms with Gasteiger partial charge in [-0.05, 0) is 47.5 Å². The van der Waals surface area contributed by atoms with Crippen LogP contribution >= 0.6 is 0 Å². The minimum Gasteiger partial charge on any atom is -0.379 e. The van der Waals surface area contributed by atoms with Gasteiger partial charge in [-0.3, -0.25) is 0 Å². The highest BCUT2D eigenvalue weighted by molar-refractivity contribution is 7.90. The van der Waals surface area contributed by atoms with E-state index >= 15 is 0 Å². The summed E-state index contributed by atoms with van der Waals surface area (Å²) in [6.45, 7) is 0.547. The topological polar surface area (TPSA) is 169 Å². The fraction of sp³-hybridized carbons (Fsp3) is 0.0588. The summed E-state index contributed by atoms with van der Waals surface area (Å²) < 4.78 is 64.0. The van der Waals surface area contributed by atoms with Gasteiger partial charge in [0.2, 0.25) is 0 Å². The summed E-state index contributed by atoms with van der Waals surface area (Å²) in [5.41, 5.74) is 2.25. The average molecular weight is 687 g/mol. The summed E-state index contributed by atoms with van der Waals surface area (Å²) in [5.74, 6) is -0.346. The monoisotopic (exact) mass is 686 g/mol. The molecule has 5 aromatic carbocycles. The van der Waals surface area contributed by atoms with E-state index < -0.39 is 42.1 Å². The summed E-state index contributed by atoms with van der Waals surface area (Å²) in [6, 6.07) is 33.5. The van der Waals surface area contributed by atoms with Gasteiger partial charge in [0.15, 0.2) is 0 Å². The number of carbonyl (C=O) groups is 2. The van der Waals surface area contributed by atoms with E-state index in [-0.39, 0.29) is 36.0 Å². The fourth-order valence-corrected chi connectivity index (χ4v) is 6.99. The number of urea groups is 2. The Morgan fingerprint density at radius 1 is 0.479 bits per heavy atom. The minimum atomic E-state index is -4.72. The van der Waals surface area contributed by atoms with Crippen LogP contribution < -0.4 is 29.6 Å². The third kappa shape index (κ3) is 9.34. The van der Waals surface area contributed by atoms with Crippen molar-refractivity contribution >= 4 is 43.7 Å². The second-order valence-electron chi connectivity index (χ2n) is 10.2. The number of carbonyl (C=O) groups excluding carboxylic acids is 2. The van der Waals surface area contributed by atoms with Crippen molar-refractivity contribution in [3.8, 4) is 11.5 Å². The molecule has 0 saturated heterocycles. The van der Waals surface area contributed by atoms with Gasteiger partial charge in [0.25, 0.3) is 0 Å². The van der Waals surface area contributed by atoms with E-state index in [1.165, 1.54) is 60.7 Å². The zero-order chi connectivity index (χ0) is 34.0. The van der Waals surface area contributed by atoms with Crippen LogP contribution in [0.4, 0.5) is 21.0 Å². The van der Waals surface area contributed by atoms with Crippen LogP contribution in [-0.2, 0) is 33.3 Å². The maximum atomic E-state index is 13.4. The Labute approximate surface area is 278 Å². The van der Waals surface area contributed by atoms with E-state index in [2.05, 4.69) is 21.3 Å². The molecule has 0 aliphatic rings. The van der Waals surface area contributed by atoms with E-state index in [0.29, 0.717) is 0 Å². The second-order valence-corrected chi connectivity index (χ2v) is 13.2. The number of amides is 4. The molecule has 0 aliphatic carbocycles. The summed E-state index contributed by atoms with van der Waals surface area (Å²) in [5, 5.41) is 10.6. The van der Waals surface area contributed by atoms with Gasteiger partial charge < -0.3 is 29.6 Å². The molecule has 4 amide bonds. The first-order valence-electron chi connectivity index (χ1n) is 14.4. The summed E-state index contributed by atoms with van der Waals surface area (Å²) in [7, 11) is -9.43. The van der Waals surface area contributed by atoms with Gasteiger partial charge in [-0.1, -0.05) is 84.9 Å². The molecule has 246 valence electrons. The Morgan fingerprint density at radius 2 is 0.854 bits per heavy atom. The van der Waals surface area contributed by atoms with Crippen LogP contribution in [0.3, 0.4) is 0 Å². The molecule has 0 saturated carbocycles. The maximum Gasteiger partial charge on any atom is 0.340 e. The molecule has 0 unspecified atom stereocenters. The molecule has 12 nitrogen and oxygen atoms in total. The number of hydrogen-bond acceptors (Lipinski definition) is 8. The standard InChI is InChI=1S/C34H30N4O8S2/c39-33(35-23-25-11-3-1-4-12-25)37-27-15-9-17-29(21-27)45-47(41,42)31-19-7-8-20-32(31)48(43,44)46-30-18-10-16-28(22-30)38-34(40)36-24-26-13-5-2-6-14-26/h1-22H,23-24H2,(H2,35,37,39)(H2,36,38,40). The molecule has 5 aromatic rings. The van der Waals surface area contributed by atoms with Crippen LogP contribution in [0, 0.1) is 0 Å². The van der Waals surface area contributed by atoms with Crippen LogP contribution in [0.15, 0.2) is 143 Å². The van der Waals surface area contributed by atoms with Crippen molar-refractivity contribution < 1.29 is 34.8 Å². The molecule has 14 heteroatoms. The molecule has 0 aromatic heterocycles. The van der Waals surface area contributed by atoms with Gasteiger partial charge in [0, 0.05) is 36.6 Å². The molecule has 4 N–H and O–H groups in total. The van der Waals surface area contributed by atoms with Gasteiger partial charge >= 0.3 is 32.3 Å². The van der Waals surface area contributed by atoms with Crippen molar-refractivity contribution in [2.75, 3.05) is 10.6 Å². The zero-order valence-corrected chi connectivity index (χ0v) is 26.8. The molecule has 48 heavy (non-hydrogen) atoms. The van der Waals surface area contributed by atoms with Gasteiger partial charge in [-0.25, -0.2) is 9.59 Å². The van der Waals surface area contributed by atoms with E-state index in [1.807, 2.05) is 60.7 Å². The number of hydrogen-bond donors (Lipinski definition) is 4. The van der Waals surface area contributed by atoms with E-state index in [4.69, 9.17) is 8.37 Å². The number of anilines is 2. The van der Waals surface area contributed by atoms with E-state index in [1.54, 1.807) is 0 Å². The zero-order valence-electron chi connectivity index (χ0n) is 25.2. The van der Waals surface area contributed by atoms with Crippen molar-refractivity contribution in [1.82, 2.24) is 10.6 Å². The highest BCUT2D eigenvalue weighted by Gasteiger charge is 2.29. The first kappa shape index (κ1) is 33.5. The Bertz CT molecular complexity index is 1960. The molecular weight excluding hydrogens is 657 g/mol. The Balaban J connectivity index is 1.25. The molecule has 0 radical (unpaired) electrons. The lowest BCUT2D eigenvalue weighted by molar-refractivity contribution is 0.251. The van der Waals surface area contributed by atoms with Crippen molar-refractivity contribution in [1.29, 1.82) is 0 Å². The summed E-state index contributed by atoms with van der Waals surface area (Å²) in [4.78, 5) is 23.4. The highest BCUT2D eigenvalue weighted by Crippen LogP contribution is 2.29. The molecule has 0 bridgehead atoms. The third-order valence-corrected chi connectivity index (χ3v) is 9.32. The van der Waals surface area contributed by atoms with Crippen LogP contribution in [0.2, 0.25) is 0 Å². The van der Waals surface area contributed by atoms with Gasteiger partial charge in [0.1, 0.15) is 21.3 Å². The van der Waals surface area contributed by atoms with Crippen LogP contribution in [0.1, 0.15) is 11.1 Å². The highest BCUT2D eigenvalue weighted by atomic mass is 32.2. The van der Waals surface area contributed by atoms with Crippen LogP contribution in [0.25, 0.3) is 0 Å². The normalized spacial score (nSPS) is 11.2. The number of benzene rings is 5. The fourth-order valence-electron chi connectivity index (χ4n) is 4.36. The summed E-state index contributed by atoms with van der Waals surface area (Å²) >= 11 is 0. The first-order chi connectivity index (χ1) is 23.1. The van der Waals surface area contributed by atoms with Crippen molar-refractivity contribution in [3.05, 3.63) is 145 Å². The Kier molecular flexibility index (Phi) is 10.6. The van der Waals surface area contributed by atoms with Crippen molar-refractivity contribution in [2.45, 2.75) is 22.9 Å². The Hall–Kier alpha value is -5.86. The largest absolute Gasteiger partial charge is 0.379 e. The SMILES string of the molecule is O=C(NCc1ccccc1)Nc1cccc(OS(=O)(=O)c2ccccc2S(=O)(=O)Oc2cccc(NC(=O)NCc3ccccc3)c2)c1. The van der Waals surface area contributed by atoms with E-state index in [9.17, 15) is 26.4 Å². The molecule has 0 spiro atoms. The predicted octanol–water partition coefficient (Wildman–Crippen LogP) is 5.87. The molecule has 0 atom stereocenters. The lowest BCUT2D eigenvalue weighted by Crippen LogP contribution is -2.28. The predicted molar refractivity (Wildman–Crippen MR) is 180 cm³/mol. The summed E-state index contributed by atoms with van der Waals surface area (Å²) in [6.07, 6.45) is 0. The molecule has 0 aliphatic heterocycles. The smallest absolute Gasteiger partial charge is 0.340 e. The minimum absolute atomic E-state index is 0.173. The third-order valence-electron chi connectivity index (χ3n) is 6.58. The van der Waals surface area contributed by atoms with Crippen LogP contribution in [-0.4, -0.2) is 28.9 Å². The van der Waals surface area contributed by atoms with Crippen molar-refractivity contribution in [3.63, 3.8) is 0 Å². The van der Waals surface area contributed by atoms with Gasteiger partial charge in [-0.15, -0.1) is 0 Å². The number of nitrogens with one attached hydrogen (secondary N) is 4. The molecular formula is C34H30N4O8S2. The second kappa shape index (κ2) is 15.2. The lowest BCUT2D eigenvalue weighted by Gasteiger charge is -2.14. The van der Waals surface area contributed by atoms with Crippen LogP contribution in [0.5, 0.6) is 11.5 Å². The van der Waals surface area contributed by atoms with Crippen molar-refractivity contribution in [2.24, 2.45) is 0 Å². The lowest BCUT2D eigenvalue weighted by atomic mass is 10.2. The quantitative estimate of drug-likeness (QED) is 0.118. The molecule has 0 heterocycles. The average Bonchev–Trinajstić information content (AvgIpc) is 3.07. The number of rotatable bonds is 12. The van der Waals surface area contributed by atoms with Gasteiger partial charge in [-0.2, -0.15) is 16.8 Å². The molecule has 0 fully saturated rings. The van der Waals surface area contributed by atoms with E-state index in [0.717, 1.165) is 23.3 Å². The first-order valence-corrected chi connectivity index (χ1v) is 17.2. The van der Waals surface area contributed by atoms with Gasteiger partial charge in [0.05, 0.1) is 0 Å². The maximum absolute atomic E-state index is 13.4.